The molecule has 6 rings (SSSR count). The minimum atomic E-state index is -1.15. The summed E-state index contributed by atoms with van der Waals surface area (Å²) in [6.45, 7) is 4.25. The second kappa shape index (κ2) is 9.70. The van der Waals surface area contributed by atoms with E-state index in [2.05, 4.69) is 10.6 Å². The average Bonchev–Trinajstić information content (AvgIpc) is 3.52. The summed E-state index contributed by atoms with van der Waals surface area (Å²) < 4.78 is 6.47. The van der Waals surface area contributed by atoms with Gasteiger partial charge in [0.15, 0.2) is 0 Å². The van der Waals surface area contributed by atoms with Crippen LogP contribution in [0.4, 0.5) is 5.69 Å². The number of amides is 3. The molecule has 4 aliphatic rings. The van der Waals surface area contributed by atoms with Gasteiger partial charge in [-0.25, -0.2) is 0 Å². The van der Waals surface area contributed by atoms with Gasteiger partial charge in [0.05, 0.1) is 17.9 Å². The van der Waals surface area contributed by atoms with E-state index in [4.69, 9.17) is 4.74 Å². The number of rotatable bonds is 6. The normalized spacial score (nSPS) is 29.9. The topological polar surface area (TPSA) is 87.7 Å². The van der Waals surface area contributed by atoms with E-state index in [1.54, 1.807) is 4.90 Å². The molecule has 38 heavy (non-hydrogen) atoms. The highest BCUT2D eigenvalue weighted by atomic mass is 16.5. The lowest BCUT2D eigenvalue weighted by Gasteiger charge is -2.34. The number of nitrogens with one attached hydrogen (secondary N) is 2. The van der Waals surface area contributed by atoms with E-state index < -0.39 is 29.6 Å². The molecule has 2 aromatic rings. The summed E-state index contributed by atoms with van der Waals surface area (Å²) in [5.74, 6) is -2.11. The van der Waals surface area contributed by atoms with E-state index >= 15 is 0 Å². The fourth-order valence-electron chi connectivity index (χ4n) is 7.02. The number of likely N-dealkylation sites (tertiary alicyclic amines) is 1. The number of benzene rings is 2. The third-order valence-electron chi connectivity index (χ3n) is 8.56. The Kier molecular flexibility index (Phi) is 6.34. The van der Waals surface area contributed by atoms with E-state index in [0.29, 0.717) is 5.69 Å². The second-order valence-corrected chi connectivity index (χ2v) is 11.4. The first-order chi connectivity index (χ1) is 18.4. The molecule has 7 nitrogen and oxygen atoms in total. The first-order valence-electron chi connectivity index (χ1n) is 13.8. The van der Waals surface area contributed by atoms with Crippen LogP contribution in [0.5, 0.6) is 0 Å². The van der Waals surface area contributed by atoms with Gasteiger partial charge in [0.1, 0.15) is 11.6 Å². The number of nitrogens with zero attached hydrogens (tertiary/aromatic N) is 1. The maximum absolute atomic E-state index is 14.1. The molecule has 3 heterocycles. The lowest BCUT2D eigenvalue weighted by Crippen LogP contribution is -2.56. The molecule has 0 unspecified atom stereocenters. The van der Waals surface area contributed by atoms with E-state index in [1.807, 2.05) is 74.5 Å². The van der Waals surface area contributed by atoms with Gasteiger partial charge in [0, 0.05) is 18.3 Å². The SMILES string of the molecule is Cc1cc(C)cc(NC(=O)[C@@H]2[C@@H]3C=C[C@]4(O3)[C@@H]2C(=O)N(Cc2ccccc2)[C@H]4C(=O)NC2CCCCC2)c1. The first-order valence-corrected chi connectivity index (χ1v) is 13.8. The Balaban J connectivity index is 1.32. The monoisotopic (exact) mass is 513 g/mol. The first kappa shape index (κ1) is 24.9. The van der Waals surface area contributed by atoms with Crippen LogP contribution >= 0.6 is 0 Å². The Morgan fingerprint density at radius 2 is 1.71 bits per heavy atom. The minimum absolute atomic E-state index is 0.103. The number of ether oxygens (including phenoxy) is 1. The third kappa shape index (κ3) is 4.23. The molecular formula is C31H35N3O4. The molecule has 2 aromatic carbocycles. The zero-order valence-electron chi connectivity index (χ0n) is 22.0. The highest BCUT2D eigenvalue weighted by Crippen LogP contribution is 2.55. The van der Waals surface area contributed by atoms with Crippen molar-refractivity contribution in [2.24, 2.45) is 11.8 Å². The molecule has 0 radical (unpaired) electrons. The van der Waals surface area contributed by atoms with Gasteiger partial charge in [0.2, 0.25) is 17.7 Å². The van der Waals surface area contributed by atoms with Gasteiger partial charge in [-0.1, -0.05) is 67.8 Å². The summed E-state index contributed by atoms with van der Waals surface area (Å²) in [6.07, 6.45) is 8.46. The largest absolute Gasteiger partial charge is 0.359 e. The van der Waals surface area contributed by atoms with Gasteiger partial charge in [-0.05, 0) is 55.5 Å². The van der Waals surface area contributed by atoms with Gasteiger partial charge in [-0.3, -0.25) is 14.4 Å². The van der Waals surface area contributed by atoms with Crippen LogP contribution in [0.15, 0.2) is 60.7 Å². The molecule has 1 aliphatic carbocycles. The Morgan fingerprint density at radius 3 is 2.42 bits per heavy atom. The van der Waals surface area contributed by atoms with Crippen molar-refractivity contribution in [1.29, 1.82) is 0 Å². The number of fused-ring (bicyclic) bond motifs is 1. The molecule has 3 aliphatic heterocycles. The Bertz CT molecular complexity index is 1270. The van der Waals surface area contributed by atoms with Crippen LogP contribution in [0.25, 0.3) is 0 Å². The zero-order chi connectivity index (χ0) is 26.4. The van der Waals surface area contributed by atoms with Crippen molar-refractivity contribution in [3.05, 3.63) is 77.4 Å². The van der Waals surface area contributed by atoms with Gasteiger partial charge in [-0.15, -0.1) is 0 Å². The van der Waals surface area contributed by atoms with Crippen LogP contribution in [0, 0.1) is 25.7 Å². The predicted octanol–water partition coefficient (Wildman–Crippen LogP) is 4.04. The summed E-state index contributed by atoms with van der Waals surface area (Å²) in [6, 6.07) is 14.8. The number of carbonyl (C=O) groups excluding carboxylic acids is 3. The maximum Gasteiger partial charge on any atom is 0.246 e. The molecule has 198 valence electrons. The van der Waals surface area contributed by atoms with Crippen LogP contribution in [-0.2, 0) is 25.7 Å². The summed E-state index contributed by atoms with van der Waals surface area (Å²) in [7, 11) is 0. The van der Waals surface area contributed by atoms with Crippen LogP contribution in [-0.4, -0.2) is 46.4 Å². The molecule has 5 atom stereocenters. The zero-order valence-corrected chi connectivity index (χ0v) is 22.0. The summed E-state index contributed by atoms with van der Waals surface area (Å²) in [4.78, 5) is 43.3. The van der Waals surface area contributed by atoms with Gasteiger partial charge in [-0.2, -0.15) is 0 Å². The highest BCUT2D eigenvalue weighted by Gasteiger charge is 2.72. The predicted molar refractivity (Wildman–Crippen MR) is 144 cm³/mol. The molecule has 0 aromatic heterocycles. The van der Waals surface area contributed by atoms with E-state index in [0.717, 1.165) is 42.4 Å². The Labute approximate surface area is 223 Å². The highest BCUT2D eigenvalue weighted by molar-refractivity contribution is 6.02. The lowest BCUT2D eigenvalue weighted by atomic mass is 9.74. The summed E-state index contributed by atoms with van der Waals surface area (Å²) in [5.41, 5.74) is 2.58. The van der Waals surface area contributed by atoms with Gasteiger partial charge >= 0.3 is 0 Å². The van der Waals surface area contributed by atoms with E-state index in [-0.39, 0.29) is 30.3 Å². The van der Waals surface area contributed by atoms with Crippen molar-refractivity contribution in [1.82, 2.24) is 10.2 Å². The number of hydrogen-bond donors (Lipinski definition) is 2. The van der Waals surface area contributed by atoms with Crippen molar-refractivity contribution in [3.8, 4) is 0 Å². The smallest absolute Gasteiger partial charge is 0.246 e. The molecule has 3 amide bonds. The van der Waals surface area contributed by atoms with Crippen molar-refractivity contribution in [2.45, 2.75) is 76.3 Å². The maximum atomic E-state index is 14.1. The standard InChI is InChI=1S/C31H35N3O4/c1-19-15-20(2)17-23(16-19)33-28(35)25-24-13-14-31(38-24)26(25)30(37)34(18-21-9-5-3-6-10-21)27(31)29(36)32-22-11-7-4-8-12-22/h3,5-6,9-10,13-17,22,24-27H,4,7-8,11-12,18H2,1-2H3,(H,32,36)(H,33,35)/t24-,25+,26-,27-,31-/m0/s1. The summed E-state index contributed by atoms with van der Waals surface area (Å²) in [5, 5.41) is 6.27. The molecular weight excluding hydrogens is 478 g/mol. The number of carbonyl (C=O) groups is 3. The number of aryl methyl sites for hydroxylation is 2. The van der Waals surface area contributed by atoms with Crippen molar-refractivity contribution in [3.63, 3.8) is 0 Å². The molecule has 7 heteroatoms. The second-order valence-electron chi connectivity index (χ2n) is 11.4. The minimum Gasteiger partial charge on any atom is -0.359 e. The lowest BCUT2D eigenvalue weighted by molar-refractivity contribution is -0.142. The molecule has 2 N–H and O–H groups in total. The van der Waals surface area contributed by atoms with Crippen LogP contribution in [0.1, 0.15) is 48.8 Å². The third-order valence-corrected chi connectivity index (χ3v) is 8.56. The molecule has 1 saturated carbocycles. The summed E-state index contributed by atoms with van der Waals surface area (Å²) >= 11 is 0. The van der Waals surface area contributed by atoms with Crippen molar-refractivity contribution >= 4 is 23.4 Å². The van der Waals surface area contributed by atoms with Crippen molar-refractivity contribution < 1.29 is 19.1 Å². The average molecular weight is 514 g/mol. The quantitative estimate of drug-likeness (QED) is 0.571. The van der Waals surface area contributed by atoms with Crippen LogP contribution in [0.3, 0.4) is 0 Å². The van der Waals surface area contributed by atoms with Gasteiger partial charge < -0.3 is 20.3 Å². The number of anilines is 1. The number of hydrogen-bond acceptors (Lipinski definition) is 4. The van der Waals surface area contributed by atoms with E-state index in [1.165, 1.54) is 6.42 Å². The molecule has 2 saturated heterocycles. The molecule has 3 fully saturated rings. The Morgan fingerprint density at radius 1 is 1.00 bits per heavy atom. The van der Waals surface area contributed by atoms with Gasteiger partial charge in [0.25, 0.3) is 0 Å². The van der Waals surface area contributed by atoms with Crippen LogP contribution < -0.4 is 10.6 Å². The fraction of sp³-hybridized carbons (Fsp3) is 0.452. The molecule has 2 bridgehead atoms. The van der Waals surface area contributed by atoms with Crippen molar-refractivity contribution in [2.75, 3.05) is 5.32 Å². The Hall–Kier alpha value is -3.45. The fourth-order valence-corrected chi connectivity index (χ4v) is 7.02. The van der Waals surface area contributed by atoms with Crippen LogP contribution in [0.2, 0.25) is 0 Å². The van der Waals surface area contributed by atoms with E-state index in [9.17, 15) is 14.4 Å². The molecule has 1 spiro atoms.